The Morgan fingerprint density at radius 1 is 1.21 bits per heavy atom. The molecule has 0 radical (unpaired) electrons. The first-order valence-corrected chi connectivity index (χ1v) is 12.0. The van der Waals surface area contributed by atoms with Gasteiger partial charge < -0.3 is 14.1 Å². The molecule has 1 aliphatic rings. The van der Waals surface area contributed by atoms with Gasteiger partial charge in [-0.15, -0.1) is 11.3 Å². The molecule has 7 nitrogen and oxygen atoms in total. The van der Waals surface area contributed by atoms with Crippen molar-refractivity contribution < 1.29 is 22.4 Å². The standard InChI is InChI=1S/C19H19BrN2O5S2/c1-26-14-2-3-15-13(12-27-16(15)11-14)10-18(23)21-6-8-22(9-7-21)29(24,25)19-5-4-17(20)28-19/h2-5,11-12H,6-10H2,1H3. The Morgan fingerprint density at radius 2 is 1.97 bits per heavy atom. The molecule has 4 rings (SSSR count). The monoisotopic (exact) mass is 498 g/mol. The maximum Gasteiger partial charge on any atom is 0.252 e. The number of sulfonamides is 1. The van der Waals surface area contributed by atoms with Gasteiger partial charge in [-0.2, -0.15) is 4.31 Å². The number of amides is 1. The van der Waals surface area contributed by atoms with E-state index in [4.69, 9.17) is 9.15 Å². The minimum atomic E-state index is -3.52. The van der Waals surface area contributed by atoms with Gasteiger partial charge in [0.15, 0.2) is 0 Å². The molecule has 3 heterocycles. The predicted molar refractivity (Wildman–Crippen MR) is 114 cm³/mol. The van der Waals surface area contributed by atoms with Crippen LogP contribution in [0.25, 0.3) is 11.0 Å². The van der Waals surface area contributed by atoms with Gasteiger partial charge >= 0.3 is 0 Å². The van der Waals surface area contributed by atoms with Crippen LogP contribution in [0.1, 0.15) is 5.56 Å². The number of ether oxygens (including phenoxy) is 1. The molecule has 0 aliphatic carbocycles. The Kier molecular flexibility index (Phi) is 5.69. The van der Waals surface area contributed by atoms with Crippen molar-refractivity contribution in [3.05, 3.63) is 45.9 Å². The van der Waals surface area contributed by atoms with E-state index in [1.54, 1.807) is 36.5 Å². The van der Waals surface area contributed by atoms with Crippen molar-refractivity contribution in [1.82, 2.24) is 9.21 Å². The molecule has 1 amide bonds. The molecule has 3 aromatic rings. The number of carbonyl (C=O) groups is 1. The summed E-state index contributed by atoms with van der Waals surface area (Å²) in [5, 5.41) is 0.878. The number of rotatable bonds is 5. The number of piperazine rings is 1. The summed E-state index contributed by atoms with van der Waals surface area (Å²) >= 11 is 4.49. The SMILES string of the molecule is COc1ccc2c(CC(=O)N3CCN(S(=O)(=O)c4ccc(Br)s4)CC3)coc2c1. The summed E-state index contributed by atoms with van der Waals surface area (Å²) < 4.78 is 38.7. The fraction of sp³-hybridized carbons (Fsp3) is 0.316. The molecular formula is C19H19BrN2O5S2. The summed E-state index contributed by atoms with van der Waals surface area (Å²) in [4.78, 5) is 14.5. The number of methoxy groups -OCH3 is 1. The molecule has 1 saturated heterocycles. The van der Waals surface area contributed by atoms with Crippen LogP contribution in [0.4, 0.5) is 0 Å². The van der Waals surface area contributed by atoms with Crippen molar-refractivity contribution in [2.75, 3.05) is 33.3 Å². The molecule has 0 bridgehead atoms. The zero-order valence-electron chi connectivity index (χ0n) is 15.6. The first kappa shape index (κ1) is 20.4. The van der Waals surface area contributed by atoms with Crippen LogP contribution >= 0.6 is 27.3 Å². The van der Waals surface area contributed by atoms with Gasteiger partial charge in [-0.3, -0.25) is 4.79 Å². The highest BCUT2D eigenvalue weighted by atomic mass is 79.9. The Hall–Kier alpha value is -1.88. The number of carbonyl (C=O) groups excluding carboxylic acids is 1. The smallest absolute Gasteiger partial charge is 0.252 e. The van der Waals surface area contributed by atoms with Crippen molar-refractivity contribution in [1.29, 1.82) is 0 Å². The molecular weight excluding hydrogens is 480 g/mol. The lowest BCUT2D eigenvalue weighted by Crippen LogP contribution is -2.50. The number of hydrogen-bond acceptors (Lipinski definition) is 6. The summed E-state index contributed by atoms with van der Waals surface area (Å²) in [5.41, 5.74) is 1.48. The van der Waals surface area contributed by atoms with E-state index in [1.807, 2.05) is 12.1 Å². The second kappa shape index (κ2) is 8.10. The van der Waals surface area contributed by atoms with E-state index in [-0.39, 0.29) is 25.4 Å². The average molecular weight is 499 g/mol. The van der Waals surface area contributed by atoms with Crippen LogP contribution in [-0.4, -0.2) is 56.8 Å². The molecule has 0 N–H and O–H groups in total. The normalized spacial score (nSPS) is 15.7. The van der Waals surface area contributed by atoms with Gasteiger partial charge in [-0.25, -0.2) is 8.42 Å². The zero-order valence-corrected chi connectivity index (χ0v) is 18.8. The maximum atomic E-state index is 12.7. The summed E-state index contributed by atoms with van der Waals surface area (Å²) in [6.45, 7) is 1.31. The van der Waals surface area contributed by atoms with Crippen LogP contribution in [0.3, 0.4) is 0 Å². The van der Waals surface area contributed by atoms with Crippen molar-refractivity contribution in [2.24, 2.45) is 0 Å². The molecule has 10 heteroatoms. The van der Waals surface area contributed by atoms with E-state index in [1.165, 1.54) is 15.6 Å². The number of fused-ring (bicyclic) bond motifs is 1. The minimum absolute atomic E-state index is 0.0422. The predicted octanol–water partition coefficient (Wildman–Crippen LogP) is 3.34. The summed E-state index contributed by atoms with van der Waals surface area (Å²) in [5.74, 6) is 0.652. The first-order chi connectivity index (χ1) is 13.9. The van der Waals surface area contributed by atoms with Gasteiger partial charge in [0.25, 0.3) is 10.0 Å². The van der Waals surface area contributed by atoms with Crippen LogP contribution in [0.2, 0.25) is 0 Å². The van der Waals surface area contributed by atoms with Crippen LogP contribution < -0.4 is 4.74 Å². The lowest BCUT2D eigenvalue weighted by Gasteiger charge is -2.33. The van der Waals surface area contributed by atoms with Crippen LogP contribution in [0, 0.1) is 0 Å². The summed E-state index contributed by atoms with van der Waals surface area (Å²) in [6.07, 6.45) is 1.81. The molecule has 0 atom stereocenters. The fourth-order valence-electron chi connectivity index (χ4n) is 3.34. The Labute approximate surface area is 181 Å². The number of thiophene rings is 1. The molecule has 0 spiro atoms. The third-order valence-electron chi connectivity index (χ3n) is 4.94. The van der Waals surface area contributed by atoms with Gasteiger partial charge in [0, 0.05) is 43.2 Å². The van der Waals surface area contributed by atoms with Gasteiger partial charge in [-0.1, -0.05) is 0 Å². The van der Waals surface area contributed by atoms with Gasteiger partial charge in [-0.05, 0) is 40.2 Å². The highest BCUT2D eigenvalue weighted by Gasteiger charge is 2.31. The van der Waals surface area contributed by atoms with E-state index in [2.05, 4.69) is 15.9 Å². The number of halogens is 1. The fourth-order valence-corrected chi connectivity index (χ4v) is 6.93. The van der Waals surface area contributed by atoms with Gasteiger partial charge in [0.1, 0.15) is 15.5 Å². The highest BCUT2D eigenvalue weighted by molar-refractivity contribution is 9.11. The molecule has 29 heavy (non-hydrogen) atoms. The number of benzene rings is 1. The molecule has 0 saturated carbocycles. The first-order valence-electron chi connectivity index (χ1n) is 8.96. The van der Waals surface area contributed by atoms with Crippen LogP contribution in [0.5, 0.6) is 5.75 Å². The molecule has 2 aromatic heterocycles. The Bertz CT molecular complexity index is 1150. The maximum absolute atomic E-state index is 12.7. The van der Waals surface area contributed by atoms with E-state index < -0.39 is 10.0 Å². The number of hydrogen-bond donors (Lipinski definition) is 0. The van der Waals surface area contributed by atoms with E-state index in [0.29, 0.717) is 28.6 Å². The van der Waals surface area contributed by atoms with Crippen molar-refractivity contribution >= 4 is 54.2 Å². The molecule has 1 fully saturated rings. The lowest BCUT2D eigenvalue weighted by atomic mass is 10.1. The average Bonchev–Trinajstić information content (AvgIpc) is 3.34. The van der Waals surface area contributed by atoms with E-state index in [9.17, 15) is 13.2 Å². The molecule has 1 aromatic carbocycles. The second-order valence-electron chi connectivity index (χ2n) is 6.64. The Morgan fingerprint density at radius 3 is 2.62 bits per heavy atom. The van der Waals surface area contributed by atoms with Crippen molar-refractivity contribution in [2.45, 2.75) is 10.6 Å². The third kappa shape index (κ3) is 4.07. The number of nitrogens with zero attached hydrogens (tertiary/aromatic N) is 2. The molecule has 1 aliphatic heterocycles. The highest BCUT2D eigenvalue weighted by Crippen LogP contribution is 2.29. The van der Waals surface area contributed by atoms with Crippen LogP contribution in [-0.2, 0) is 21.2 Å². The Balaban J connectivity index is 1.41. The van der Waals surface area contributed by atoms with Crippen molar-refractivity contribution in [3.8, 4) is 5.75 Å². The largest absolute Gasteiger partial charge is 0.497 e. The lowest BCUT2D eigenvalue weighted by molar-refractivity contribution is -0.131. The van der Waals surface area contributed by atoms with E-state index in [0.717, 1.165) is 14.7 Å². The number of furan rings is 1. The third-order valence-corrected chi connectivity index (χ3v) is 8.93. The summed E-state index contributed by atoms with van der Waals surface area (Å²) in [7, 11) is -1.93. The molecule has 154 valence electrons. The van der Waals surface area contributed by atoms with Gasteiger partial charge in [0.2, 0.25) is 5.91 Å². The summed E-state index contributed by atoms with van der Waals surface area (Å²) in [6, 6.07) is 8.82. The van der Waals surface area contributed by atoms with Crippen molar-refractivity contribution in [3.63, 3.8) is 0 Å². The van der Waals surface area contributed by atoms with Crippen LogP contribution in [0.15, 0.2) is 49.0 Å². The molecule has 0 unspecified atom stereocenters. The second-order valence-corrected chi connectivity index (χ2v) is 11.3. The zero-order chi connectivity index (χ0) is 20.6. The van der Waals surface area contributed by atoms with Gasteiger partial charge in [0.05, 0.1) is 23.6 Å². The minimum Gasteiger partial charge on any atom is -0.497 e. The topological polar surface area (TPSA) is 80.1 Å². The quantitative estimate of drug-likeness (QED) is 0.538. The van der Waals surface area contributed by atoms with E-state index >= 15 is 0 Å².